The fourth-order valence-corrected chi connectivity index (χ4v) is 3.47. The second-order valence-electron chi connectivity index (χ2n) is 7.13. The number of hydrogen-bond donors (Lipinski definition) is 2. The van der Waals surface area contributed by atoms with Gasteiger partial charge in [-0.05, 0) is 61.4 Å². The second-order valence-corrected chi connectivity index (χ2v) is 7.94. The molecule has 166 valence electrons. The summed E-state index contributed by atoms with van der Waals surface area (Å²) in [6.45, 7) is 3.78. The Labute approximate surface area is 196 Å². The number of nitrogens with one attached hydrogen (secondary N) is 2. The van der Waals surface area contributed by atoms with E-state index in [1.165, 1.54) is 26.4 Å². The van der Waals surface area contributed by atoms with Crippen LogP contribution >= 0.6 is 23.2 Å². The summed E-state index contributed by atoms with van der Waals surface area (Å²) in [5.41, 5.74) is 2.92. The molecule has 8 heteroatoms. The SMILES string of the molecule is COc1ccc(C)cc1NC(=O)c1cc(Cl)c(Cl)cc1C(=O)Nc1cc(C)ccc1OC. The summed E-state index contributed by atoms with van der Waals surface area (Å²) in [5.74, 6) is -0.0957. The molecule has 3 rings (SSSR count). The zero-order valence-corrected chi connectivity index (χ0v) is 19.5. The van der Waals surface area contributed by atoms with Gasteiger partial charge in [-0.2, -0.15) is 0 Å². The average Bonchev–Trinajstić information content (AvgIpc) is 2.75. The molecule has 3 aromatic rings. The molecule has 0 aliphatic carbocycles. The van der Waals surface area contributed by atoms with Gasteiger partial charge in [0.25, 0.3) is 11.8 Å². The van der Waals surface area contributed by atoms with E-state index in [0.717, 1.165) is 11.1 Å². The normalized spacial score (nSPS) is 10.4. The summed E-state index contributed by atoms with van der Waals surface area (Å²) in [6, 6.07) is 13.5. The van der Waals surface area contributed by atoms with E-state index < -0.39 is 11.8 Å². The highest BCUT2D eigenvalue weighted by Crippen LogP contribution is 2.31. The van der Waals surface area contributed by atoms with Crippen LogP contribution in [0, 0.1) is 13.8 Å². The predicted octanol–water partition coefficient (Wildman–Crippen LogP) is 6.13. The van der Waals surface area contributed by atoms with Crippen molar-refractivity contribution in [3.8, 4) is 11.5 Å². The number of hydrogen-bond acceptors (Lipinski definition) is 4. The first kappa shape index (κ1) is 23.4. The van der Waals surface area contributed by atoms with Crippen LogP contribution in [0.4, 0.5) is 11.4 Å². The van der Waals surface area contributed by atoms with Gasteiger partial charge in [0.2, 0.25) is 0 Å². The smallest absolute Gasteiger partial charge is 0.256 e. The van der Waals surface area contributed by atoms with E-state index >= 15 is 0 Å². The van der Waals surface area contributed by atoms with Crippen LogP contribution in [-0.4, -0.2) is 26.0 Å². The van der Waals surface area contributed by atoms with Crippen LogP contribution < -0.4 is 20.1 Å². The minimum atomic E-state index is -0.533. The van der Waals surface area contributed by atoms with Crippen LogP contribution in [0.2, 0.25) is 10.0 Å². The second kappa shape index (κ2) is 9.94. The van der Waals surface area contributed by atoms with Gasteiger partial charge in [0.1, 0.15) is 11.5 Å². The predicted molar refractivity (Wildman–Crippen MR) is 128 cm³/mol. The number of carbonyl (C=O) groups is 2. The molecule has 0 unspecified atom stereocenters. The molecule has 3 aromatic carbocycles. The minimum absolute atomic E-state index is 0.0621. The number of methoxy groups -OCH3 is 2. The monoisotopic (exact) mass is 472 g/mol. The van der Waals surface area contributed by atoms with Crippen LogP contribution in [0.25, 0.3) is 0 Å². The average molecular weight is 473 g/mol. The van der Waals surface area contributed by atoms with Crippen molar-refractivity contribution >= 4 is 46.4 Å². The zero-order chi connectivity index (χ0) is 23.4. The van der Waals surface area contributed by atoms with Gasteiger partial charge in [0.05, 0.1) is 46.8 Å². The van der Waals surface area contributed by atoms with Crippen molar-refractivity contribution in [1.29, 1.82) is 0 Å². The van der Waals surface area contributed by atoms with Crippen molar-refractivity contribution < 1.29 is 19.1 Å². The van der Waals surface area contributed by atoms with Crippen LogP contribution in [0.1, 0.15) is 31.8 Å². The maximum Gasteiger partial charge on any atom is 0.256 e. The Morgan fingerprint density at radius 1 is 0.688 bits per heavy atom. The molecule has 2 amide bonds. The fraction of sp³-hybridized carbons (Fsp3) is 0.167. The lowest BCUT2D eigenvalue weighted by atomic mass is 10.0. The molecule has 6 nitrogen and oxygen atoms in total. The molecule has 0 aliphatic rings. The van der Waals surface area contributed by atoms with Gasteiger partial charge in [-0.3, -0.25) is 9.59 Å². The van der Waals surface area contributed by atoms with Crippen LogP contribution in [-0.2, 0) is 0 Å². The number of rotatable bonds is 6. The molecule has 0 heterocycles. The van der Waals surface area contributed by atoms with Gasteiger partial charge in [-0.25, -0.2) is 0 Å². The van der Waals surface area contributed by atoms with Crippen molar-refractivity contribution in [2.75, 3.05) is 24.9 Å². The van der Waals surface area contributed by atoms with Gasteiger partial charge in [-0.1, -0.05) is 35.3 Å². The van der Waals surface area contributed by atoms with Gasteiger partial charge < -0.3 is 20.1 Å². The lowest BCUT2D eigenvalue weighted by molar-refractivity contribution is 0.0990. The summed E-state index contributed by atoms with van der Waals surface area (Å²) < 4.78 is 10.6. The van der Waals surface area contributed by atoms with E-state index in [1.807, 2.05) is 26.0 Å². The number of benzene rings is 3. The van der Waals surface area contributed by atoms with E-state index in [1.54, 1.807) is 24.3 Å². The molecule has 0 saturated carbocycles. The Kier molecular flexibility index (Phi) is 7.28. The van der Waals surface area contributed by atoms with E-state index in [9.17, 15) is 9.59 Å². The first-order valence-corrected chi connectivity index (χ1v) is 10.4. The van der Waals surface area contributed by atoms with Gasteiger partial charge in [0, 0.05) is 0 Å². The third-order valence-electron chi connectivity index (χ3n) is 4.76. The van der Waals surface area contributed by atoms with Gasteiger partial charge in [-0.15, -0.1) is 0 Å². The zero-order valence-electron chi connectivity index (χ0n) is 18.0. The molecule has 0 saturated heterocycles. The third-order valence-corrected chi connectivity index (χ3v) is 5.48. The number of carbonyl (C=O) groups excluding carboxylic acids is 2. The standard InChI is InChI=1S/C24H22Cl2N2O4/c1-13-5-7-21(31-3)19(9-13)27-23(29)15-11-17(25)18(26)12-16(15)24(30)28-20-10-14(2)6-8-22(20)32-4/h5-12H,1-4H3,(H,27,29)(H,28,30). The number of aryl methyl sites for hydroxylation is 2. The Balaban J connectivity index is 1.99. The molecular formula is C24H22Cl2N2O4. The molecule has 0 bridgehead atoms. The Bertz CT molecular complexity index is 1100. The van der Waals surface area contributed by atoms with Crippen LogP contribution in [0.5, 0.6) is 11.5 Å². The number of halogens is 2. The number of anilines is 2. The number of ether oxygens (including phenoxy) is 2. The molecule has 0 radical (unpaired) electrons. The highest BCUT2D eigenvalue weighted by molar-refractivity contribution is 6.42. The number of amides is 2. The third kappa shape index (κ3) is 5.15. The highest BCUT2D eigenvalue weighted by atomic mass is 35.5. The summed E-state index contributed by atoms with van der Waals surface area (Å²) in [4.78, 5) is 26.3. The van der Waals surface area contributed by atoms with Crippen molar-refractivity contribution in [2.24, 2.45) is 0 Å². The van der Waals surface area contributed by atoms with Gasteiger partial charge in [0.15, 0.2) is 0 Å². The topological polar surface area (TPSA) is 76.7 Å². The largest absolute Gasteiger partial charge is 0.495 e. The van der Waals surface area contributed by atoms with Crippen LogP contribution in [0.15, 0.2) is 48.5 Å². The van der Waals surface area contributed by atoms with Crippen molar-refractivity contribution in [1.82, 2.24) is 0 Å². The molecule has 0 aliphatic heterocycles. The summed E-state index contributed by atoms with van der Waals surface area (Å²) in [6.07, 6.45) is 0. The first-order valence-electron chi connectivity index (χ1n) is 9.64. The maximum absolute atomic E-state index is 13.1. The van der Waals surface area contributed by atoms with Crippen molar-refractivity contribution in [2.45, 2.75) is 13.8 Å². The molecule has 0 aromatic heterocycles. The van der Waals surface area contributed by atoms with E-state index in [2.05, 4.69) is 10.6 Å². The fourth-order valence-electron chi connectivity index (χ4n) is 3.14. The van der Waals surface area contributed by atoms with Crippen molar-refractivity contribution in [3.63, 3.8) is 0 Å². The first-order chi connectivity index (χ1) is 15.2. The van der Waals surface area contributed by atoms with E-state index in [4.69, 9.17) is 32.7 Å². The van der Waals surface area contributed by atoms with E-state index in [0.29, 0.717) is 22.9 Å². The van der Waals surface area contributed by atoms with Gasteiger partial charge >= 0.3 is 0 Å². The summed E-state index contributed by atoms with van der Waals surface area (Å²) in [7, 11) is 3.02. The molecule has 0 atom stereocenters. The quantitative estimate of drug-likeness (QED) is 0.452. The van der Waals surface area contributed by atoms with Crippen molar-refractivity contribution in [3.05, 3.63) is 80.8 Å². The summed E-state index contributed by atoms with van der Waals surface area (Å²) >= 11 is 12.3. The van der Waals surface area contributed by atoms with E-state index in [-0.39, 0.29) is 21.2 Å². The molecule has 32 heavy (non-hydrogen) atoms. The maximum atomic E-state index is 13.1. The Morgan fingerprint density at radius 2 is 1.06 bits per heavy atom. The Hall–Kier alpha value is -3.22. The molecular weight excluding hydrogens is 451 g/mol. The minimum Gasteiger partial charge on any atom is -0.495 e. The highest BCUT2D eigenvalue weighted by Gasteiger charge is 2.22. The lowest BCUT2D eigenvalue weighted by Gasteiger charge is -2.15. The summed E-state index contributed by atoms with van der Waals surface area (Å²) in [5, 5.41) is 5.87. The lowest BCUT2D eigenvalue weighted by Crippen LogP contribution is -2.21. The molecule has 0 spiro atoms. The molecule has 2 N–H and O–H groups in total. The Morgan fingerprint density at radius 3 is 1.41 bits per heavy atom. The molecule has 0 fully saturated rings. The van der Waals surface area contributed by atoms with Crippen LogP contribution in [0.3, 0.4) is 0 Å².